The number of aromatic nitrogens is 5. The van der Waals surface area contributed by atoms with Gasteiger partial charge in [0, 0.05) is 36.2 Å². The first-order valence-corrected chi connectivity index (χ1v) is 13.3. The maximum atomic E-state index is 13.7. The molecule has 0 saturated carbocycles. The van der Waals surface area contributed by atoms with Gasteiger partial charge < -0.3 is 9.72 Å². The zero-order chi connectivity index (χ0) is 26.8. The van der Waals surface area contributed by atoms with Gasteiger partial charge in [0.05, 0.1) is 18.7 Å². The summed E-state index contributed by atoms with van der Waals surface area (Å²) in [6.07, 6.45) is 2.11. The lowest BCUT2D eigenvalue weighted by Crippen LogP contribution is -2.36. The zero-order valence-electron chi connectivity index (χ0n) is 22.4. The number of ether oxygens (including phenoxy) is 1. The Balaban J connectivity index is 1.55. The second-order valence-electron chi connectivity index (χ2n) is 10.7. The summed E-state index contributed by atoms with van der Waals surface area (Å²) < 4.78 is 21.4. The van der Waals surface area contributed by atoms with E-state index in [1.54, 1.807) is 12.1 Å². The highest BCUT2D eigenvalue weighted by Gasteiger charge is 2.31. The molecule has 1 aliphatic heterocycles. The fourth-order valence-electron chi connectivity index (χ4n) is 5.55. The van der Waals surface area contributed by atoms with Gasteiger partial charge in [-0.3, -0.25) is 9.69 Å². The van der Waals surface area contributed by atoms with Gasteiger partial charge in [0.25, 0.3) is 5.56 Å². The van der Waals surface area contributed by atoms with E-state index >= 15 is 0 Å². The molecule has 1 fully saturated rings. The number of pyridine rings is 1. The molecule has 2 aromatic heterocycles. The number of fused-ring (bicyclic) bond motifs is 1. The first-order valence-electron chi connectivity index (χ1n) is 13.3. The fraction of sp³-hybridized carbons (Fsp3) is 0.448. The van der Waals surface area contributed by atoms with Gasteiger partial charge in [0.2, 0.25) is 0 Å². The van der Waals surface area contributed by atoms with Crippen LogP contribution < -0.4 is 5.56 Å². The van der Waals surface area contributed by atoms with E-state index in [2.05, 4.69) is 52.2 Å². The van der Waals surface area contributed by atoms with Crippen LogP contribution in [0.15, 0.2) is 47.3 Å². The fourth-order valence-corrected chi connectivity index (χ4v) is 5.55. The highest BCUT2D eigenvalue weighted by Crippen LogP contribution is 2.31. The molecule has 200 valence electrons. The maximum Gasteiger partial charge on any atom is 0.252 e. The predicted octanol–water partition coefficient (Wildman–Crippen LogP) is 4.85. The molecule has 3 heterocycles. The number of aromatic amines is 1. The summed E-state index contributed by atoms with van der Waals surface area (Å²) in [5, 5.41) is 13.8. The van der Waals surface area contributed by atoms with E-state index in [1.807, 2.05) is 23.7 Å². The number of hydrogen-bond donors (Lipinski definition) is 1. The van der Waals surface area contributed by atoms with Gasteiger partial charge in [-0.25, -0.2) is 9.07 Å². The van der Waals surface area contributed by atoms with Gasteiger partial charge in [-0.05, 0) is 84.0 Å². The quantitative estimate of drug-likeness (QED) is 0.341. The molecule has 0 bridgehead atoms. The third-order valence-corrected chi connectivity index (χ3v) is 7.31. The molecule has 4 aromatic rings. The summed E-state index contributed by atoms with van der Waals surface area (Å²) in [5.41, 5.74) is 4.54. The Bertz CT molecular complexity index is 1460. The van der Waals surface area contributed by atoms with E-state index in [9.17, 15) is 9.18 Å². The van der Waals surface area contributed by atoms with Crippen molar-refractivity contribution >= 4 is 10.9 Å². The number of tetrazole rings is 1. The number of aryl methyl sites for hydroxylation is 2. The van der Waals surface area contributed by atoms with Crippen molar-refractivity contribution < 1.29 is 9.13 Å². The van der Waals surface area contributed by atoms with Crippen molar-refractivity contribution in [2.75, 3.05) is 6.61 Å². The molecule has 0 amide bonds. The van der Waals surface area contributed by atoms with Crippen LogP contribution in [0.4, 0.5) is 4.39 Å². The first-order chi connectivity index (χ1) is 18.3. The van der Waals surface area contributed by atoms with Crippen LogP contribution in [0.5, 0.6) is 0 Å². The average molecular weight is 519 g/mol. The topological polar surface area (TPSA) is 88.9 Å². The number of H-pyrrole nitrogens is 1. The third-order valence-electron chi connectivity index (χ3n) is 7.31. The lowest BCUT2D eigenvalue weighted by molar-refractivity contribution is 0.0851. The number of benzene rings is 2. The molecule has 38 heavy (non-hydrogen) atoms. The van der Waals surface area contributed by atoms with Gasteiger partial charge in [0.15, 0.2) is 5.82 Å². The van der Waals surface area contributed by atoms with Crippen LogP contribution in [0.25, 0.3) is 10.9 Å². The second-order valence-corrected chi connectivity index (χ2v) is 10.7. The Labute approximate surface area is 221 Å². The van der Waals surface area contributed by atoms with Crippen LogP contribution in [0.2, 0.25) is 0 Å². The summed E-state index contributed by atoms with van der Waals surface area (Å²) in [5.74, 6) is 0.591. The number of rotatable bonds is 9. The van der Waals surface area contributed by atoms with Crippen LogP contribution in [-0.2, 0) is 24.4 Å². The Morgan fingerprint density at radius 1 is 1.16 bits per heavy atom. The van der Waals surface area contributed by atoms with E-state index in [-0.39, 0.29) is 29.4 Å². The Hall–Kier alpha value is -3.43. The molecule has 2 atom stereocenters. The Kier molecular flexibility index (Phi) is 7.67. The van der Waals surface area contributed by atoms with Gasteiger partial charge in [-0.2, -0.15) is 0 Å². The second kappa shape index (κ2) is 11.1. The average Bonchev–Trinajstić information content (AvgIpc) is 3.54. The van der Waals surface area contributed by atoms with E-state index in [4.69, 9.17) is 4.74 Å². The molecule has 9 heteroatoms. The smallest absolute Gasteiger partial charge is 0.252 e. The van der Waals surface area contributed by atoms with Crippen LogP contribution in [0.1, 0.15) is 60.8 Å². The first kappa shape index (κ1) is 26.2. The van der Waals surface area contributed by atoms with Crippen molar-refractivity contribution in [1.82, 2.24) is 30.1 Å². The molecule has 5 rings (SSSR count). The Morgan fingerprint density at radius 2 is 1.95 bits per heavy atom. The standard InChI is InChI=1S/C29H35FN6O2/c1-18(2)27(28-32-33-34-36(28)17-24-6-5-11-38-24)35(15-21-7-9-23(30)10-8-21)16-22-14-25-20(4)12-19(3)13-26(25)31-29(22)37/h7-10,12-14,18,24,27H,5-6,11,15-17H2,1-4H3,(H,31,37)/t24-,27-/m1/s1. The number of halogens is 1. The van der Waals surface area contributed by atoms with Crippen molar-refractivity contribution in [3.63, 3.8) is 0 Å². The van der Waals surface area contributed by atoms with Crippen molar-refractivity contribution in [2.24, 2.45) is 5.92 Å². The maximum absolute atomic E-state index is 13.7. The zero-order valence-corrected chi connectivity index (χ0v) is 22.4. The molecule has 1 N–H and O–H groups in total. The van der Waals surface area contributed by atoms with Gasteiger partial charge in [-0.15, -0.1) is 5.10 Å². The van der Waals surface area contributed by atoms with E-state index in [0.29, 0.717) is 25.2 Å². The molecular formula is C29H35FN6O2. The number of hydrogen-bond acceptors (Lipinski definition) is 6. The van der Waals surface area contributed by atoms with Crippen molar-refractivity contribution in [3.8, 4) is 0 Å². The molecule has 0 radical (unpaired) electrons. The van der Waals surface area contributed by atoms with Gasteiger partial charge in [-0.1, -0.05) is 32.0 Å². The summed E-state index contributed by atoms with van der Waals surface area (Å²) in [7, 11) is 0. The summed E-state index contributed by atoms with van der Waals surface area (Å²) in [4.78, 5) is 18.6. The van der Waals surface area contributed by atoms with Gasteiger partial charge >= 0.3 is 0 Å². The lowest BCUT2D eigenvalue weighted by atomic mass is 9.99. The van der Waals surface area contributed by atoms with Crippen molar-refractivity contribution in [1.29, 1.82) is 0 Å². The van der Waals surface area contributed by atoms with E-state index < -0.39 is 0 Å². The molecule has 0 aliphatic carbocycles. The van der Waals surface area contributed by atoms with Crippen molar-refractivity contribution in [2.45, 2.75) is 72.3 Å². The molecule has 0 spiro atoms. The Morgan fingerprint density at radius 3 is 2.66 bits per heavy atom. The number of nitrogens with one attached hydrogen (secondary N) is 1. The van der Waals surface area contributed by atoms with Crippen LogP contribution in [0.3, 0.4) is 0 Å². The number of nitrogens with zero attached hydrogens (tertiary/aromatic N) is 5. The summed E-state index contributed by atoms with van der Waals surface area (Å²) in [6.45, 7) is 10.6. The van der Waals surface area contributed by atoms with Crippen LogP contribution >= 0.6 is 0 Å². The molecule has 0 unspecified atom stereocenters. The van der Waals surface area contributed by atoms with E-state index in [1.165, 1.54) is 12.1 Å². The highest BCUT2D eigenvalue weighted by molar-refractivity contribution is 5.83. The van der Waals surface area contributed by atoms with Gasteiger partial charge in [0.1, 0.15) is 5.82 Å². The minimum absolute atomic E-state index is 0.0883. The highest BCUT2D eigenvalue weighted by atomic mass is 19.1. The monoisotopic (exact) mass is 518 g/mol. The molecule has 1 aliphatic rings. The minimum atomic E-state index is -0.280. The largest absolute Gasteiger partial charge is 0.376 e. The van der Waals surface area contributed by atoms with Crippen LogP contribution in [-0.4, -0.2) is 42.8 Å². The minimum Gasteiger partial charge on any atom is -0.376 e. The molecule has 8 nitrogen and oxygen atoms in total. The summed E-state index contributed by atoms with van der Waals surface area (Å²) in [6, 6.07) is 12.4. The summed E-state index contributed by atoms with van der Waals surface area (Å²) >= 11 is 0. The SMILES string of the molecule is Cc1cc(C)c2cc(CN(Cc3ccc(F)cc3)[C@@H](c3nnnn3C[C@H]3CCCO3)C(C)C)c(=O)[nH]c2c1. The third kappa shape index (κ3) is 5.68. The normalized spacial score (nSPS) is 16.7. The van der Waals surface area contributed by atoms with Crippen LogP contribution in [0, 0.1) is 25.6 Å². The molecule has 2 aromatic carbocycles. The lowest BCUT2D eigenvalue weighted by Gasteiger charge is -2.33. The molecule has 1 saturated heterocycles. The predicted molar refractivity (Wildman–Crippen MR) is 144 cm³/mol. The van der Waals surface area contributed by atoms with E-state index in [0.717, 1.165) is 52.9 Å². The molecular weight excluding hydrogens is 483 g/mol. The van der Waals surface area contributed by atoms with Crippen molar-refractivity contribution in [3.05, 3.63) is 86.7 Å².